The minimum Gasteiger partial charge on any atom is -0.0683 e. The molecule has 92 valence electrons. The predicted octanol–water partition coefficient (Wildman–Crippen LogP) is 5.67. The Balaban J connectivity index is 0.000000921. The van der Waals surface area contributed by atoms with Crippen molar-refractivity contribution in [2.24, 2.45) is 17.3 Å². The third kappa shape index (κ3) is 5.04. The van der Waals surface area contributed by atoms with Gasteiger partial charge in [0, 0.05) is 0 Å². The number of hydrogen-bond acceptors (Lipinski definition) is 0. The van der Waals surface area contributed by atoms with Crippen LogP contribution < -0.4 is 0 Å². The Morgan fingerprint density at radius 2 is 1.73 bits per heavy atom. The lowest BCUT2D eigenvalue weighted by atomic mass is 9.65. The summed E-state index contributed by atoms with van der Waals surface area (Å²) in [5.41, 5.74) is 0.682. The van der Waals surface area contributed by atoms with E-state index < -0.39 is 0 Å². The van der Waals surface area contributed by atoms with Crippen molar-refractivity contribution in [3.05, 3.63) is 0 Å². The fraction of sp³-hybridized carbons (Fsp3) is 1.00. The molecule has 1 rings (SSSR count). The second-order valence-corrected chi connectivity index (χ2v) is 5.61. The van der Waals surface area contributed by atoms with Crippen LogP contribution in [-0.2, 0) is 0 Å². The van der Waals surface area contributed by atoms with Gasteiger partial charge in [0.1, 0.15) is 0 Å². The summed E-state index contributed by atoms with van der Waals surface area (Å²) in [5, 5.41) is 0. The number of hydrogen-bond donors (Lipinski definition) is 0. The minimum atomic E-state index is 0.682. The zero-order chi connectivity index (χ0) is 11.9. The zero-order valence-corrected chi connectivity index (χ0v) is 11.9. The summed E-state index contributed by atoms with van der Waals surface area (Å²) in [6.45, 7) is 13.7. The van der Waals surface area contributed by atoms with Crippen molar-refractivity contribution < 1.29 is 0 Å². The van der Waals surface area contributed by atoms with Gasteiger partial charge in [-0.3, -0.25) is 0 Å². The molecule has 1 saturated carbocycles. The summed E-state index contributed by atoms with van der Waals surface area (Å²) in [7, 11) is 0. The molecular formula is C15H32. The van der Waals surface area contributed by atoms with Crippen LogP contribution in [0.2, 0.25) is 0 Å². The third-order valence-electron chi connectivity index (χ3n) is 4.12. The summed E-state index contributed by atoms with van der Waals surface area (Å²) in [5.74, 6) is 1.92. The molecule has 0 aromatic carbocycles. The van der Waals surface area contributed by atoms with Gasteiger partial charge < -0.3 is 0 Å². The van der Waals surface area contributed by atoms with Crippen molar-refractivity contribution in [3.63, 3.8) is 0 Å². The zero-order valence-electron chi connectivity index (χ0n) is 11.9. The van der Waals surface area contributed by atoms with Crippen molar-refractivity contribution >= 4 is 0 Å². The van der Waals surface area contributed by atoms with Crippen LogP contribution in [0.25, 0.3) is 0 Å². The van der Waals surface area contributed by atoms with E-state index in [1.165, 1.54) is 38.5 Å². The Morgan fingerprint density at radius 1 is 1.13 bits per heavy atom. The van der Waals surface area contributed by atoms with Gasteiger partial charge in [-0.25, -0.2) is 0 Å². The summed E-state index contributed by atoms with van der Waals surface area (Å²) in [4.78, 5) is 0. The smallest absolute Gasteiger partial charge is 0.0323 e. The van der Waals surface area contributed by atoms with Crippen LogP contribution in [0.5, 0.6) is 0 Å². The molecule has 0 aromatic heterocycles. The molecule has 3 atom stereocenters. The average Bonchev–Trinajstić information content (AvgIpc) is 2.25. The van der Waals surface area contributed by atoms with Crippen LogP contribution in [0.1, 0.15) is 80.1 Å². The van der Waals surface area contributed by atoms with Gasteiger partial charge in [-0.05, 0) is 42.9 Å². The van der Waals surface area contributed by atoms with Gasteiger partial charge in [0.05, 0.1) is 0 Å². The summed E-state index contributed by atoms with van der Waals surface area (Å²) in [6, 6.07) is 0. The summed E-state index contributed by atoms with van der Waals surface area (Å²) >= 11 is 0. The van der Waals surface area contributed by atoms with Gasteiger partial charge in [-0.2, -0.15) is 0 Å². The van der Waals surface area contributed by atoms with Gasteiger partial charge in [0.15, 0.2) is 0 Å². The molecule has 0 aromatic rings. The normalized spacial score (nSPS) is 35.6. The molecule has 0 heterocycles. The van der Waals surface area contributed by atoms with Crippen LogP contribution >= 0.6 is 0 Å². The predicted molar refractivity (Wildman–Crippen MR) is 71.2 cm³/mol. The Hall–Kier alpha value is 0. The van der Waals surface area contributed by atoms with Gasteiger partial charge in [-0.1, -0.05) is 54.4 Å². The molecule has 0 amide bonds. The molecule has 15 heavy (non-hydrogen) atoms. The quantitative estimate of drug-likeness (QED) is 0.566. The summed E-state index contributed by atoms with van der Waals surface area (Å²) in [6.07, 6.45) is 8.64. The fourth-order valence-corrected chi connectivity index (χ4v) is 2.77. The Bertz CT molecular complexity index is 146. The Morgan fingerprint density at radius 3 is 2.20 bits per heavy atom. The van der Waals surface area contributed by atoms with E-state index in [4.69, 9.17) is 0 Å². The van der Waals surface area contributed by atoms with E-state index >= 15 is 0 Å². The molecule has 0 spiro atoms. The Kier molecular flexibility index (Phi) is 7.30. The highest BCUT2D eigenvalue weighted by atomic mass is 14.4. The fourth-order valence-electron chi connectivity index (χ4n) is 2.77. The van der Waals surface area contributed by atoms with Crippen molar-refractivity contribution in [2.45, 2.75) is 80.1 Å². The lowest BCUT2D eigenvalue weighted by molar-refractivity contribution is 0.110. The molecule has 0 heteroatoms. The highest BCUT2D eigenvalue weighted by Crippen LogP contribution is 2.44. The lowest BCUT2D eigenvalue weighted by Gasteiger charge is -2.40. The third-order valence-corrected chi connectivity index (χ3v) is 4.12. The molecule has 0 aliphatic heterocycles. The Labute approximate surface area is 97.8 Å². The lowest BCUT2D eigenvalue weighted by Crippen LogP contribution is -2.29. The molecule has 0 N–H and O–H groups in total. The van der Waals surface area contributed by atoms with Crippen molar-refractivity contribution in [1.29, 1.82) is 0 Å². The molecule has 1 fully saturated rings. The molecule has 3 unspecified atom stereocenters. The van der Waals surface area contributed by atoms with Crippen molar-refractivity contribution in [3.8, 4) is 0 Å². The molecule has 0 bridgehead atoms. The van der Waals surface area contributed by atoms with Gasteiger partial charge >= 0.3 is 0 Å². The molecule has 0 radical (unpaired) electrons. The van der Waals surface area contributed by atoms with E-state index in [-0.39, 0.29) is 0 Å². The minimum absolute atomic E-state index is 0.682. The van der Waals surface area contributed by atoms with Crippen LogP contribution in [0.15, 0.2) is 0 Å². The van der Waals surface area contributed by atoms with E-state index in [1.54, 1.807) is 0 Å². The monoisotopic (exact) mass is 212 g/mol. The molecule has 0 nitrogen and oxygen atoms in total. The largest absolute Gasteiger partial charge is 0.0683 e. The maximum atomic E-state index is 2.50. The van der Waals surface area contributed by atoms with Crippen molar-refractivity contribution in [2.75, 3.05) is 0 Å². The maximum absolute atomic E-state index is 2.50. The maximum Gasteiger partial charge on any atom is -0.0323 e. The molecule has 1 aliphatic rings. The van der Waals surface area contributed by atoms with Crippen LogP contribution in [-0.4, -0.2) is 0 Å². The highest BCUT2D eigenvalue weighted by Gasteiger charge is 2.32. The first-order valence-electron chi connectivity index (χ1n) is 7.07. The first kappa shape index (κ1) is 15.0. The van der Waals surface area contributed by atoms with Crippen molar-refractivity contribution in [1.82, 2.24) is 0 Å². The second-order valence-electron chi connectivity index (χ2n) is 5.61. The van der Waals surface area contributed by atoms with E-state index in [9.17, 15) is 0 Å². The standard InChI is InChI=1S/C13H26.C2H6/c1-5-6-8-13(4)9-7-11(2)12(3)10-13;1-2/h11-12H,5-10H2,1-4H3;1-2H3. The first-order chi connectivity index (χ1) is 7.07. The average molecular weight is 212 g/mol. The SMILES string of the molecule is CC.CCCCC1(C)CCC(C)C(C)C1. The van der Waals surface area contributed by atoms with Crippen LogP contribution in [0.3, 0.4) is 0 Å². The molecule has 0 saturated heterocycles. The van der Waals surface area contributed by atoms with Gasteiger partial charge in [-0.15, -0.1) is 0 Å². The van der Waals surface area contributed by atoms with E-state index in [0.29, 0.717) is 5.41 Å². The number of rotatable bonds is 3. The van der Waals surface area contributed by atoms with Crippen LogP contribution in [0, 0.1) is 17.3 Å². The van der Waals surface area contributed by atoms with Gasteiger partial charge in [0.2, 0.25) is 0 Å². The first-order valence-corrected chi connectivity index (χ1v) is 7.07. The summed E-state index contributed by atoms with van der Waals surface area (Å²) < 4.78 is 0. The van der Waals surface area contributed by atoms with Gasteiger partial charge in [0.25, 0.3) is 0 Å². The van der Waals surface area contributed by atoms with E-state index in [1.807, 2.05) is 13.8 Å². The van der Waals surface area contributed by atoms with Crippen LogP contribution in [0.4, 0.5) is 0 Å². The molecular weight excluding hydrogens is 180 g/mol. The van der Waals surface area contributed by atoms with E-state index in [0.717, 1.165) is 11.8 Å². The molecule has 1 aliphatic carbocycles. The number of unbranched alkanes of at least 4 members (excludes halogenated alkanes) is 1. The second kappa shape index (κ2) is 7.30. The topological polar surface area (TPSA) is 0 Å². The van der Waals surface area contributed by atoms with E-state index in [2.05, 4.69) is 27.7 Å². The highest BCUT2D eigenvalue weighted by molar-refractivity contribution is 4.84.